The number of halogens is 1. The van der Waals surface area contributed by atoms with Crippen LogP contribution in [0.3, 0.4) is 0 Å². The van der Waals surface area contributed by atoms with Gasteiger partial charge in [-0.2, -0.15) is 4.98 Å². The van der Waals surface area contributed by atoms with E-state index in [2.05, 4.69) is 5.16 Å². The smallest absolute Gasteiger partial charge is 0.290 e. The predicted octanol–water partition coefficient (Wildman–Crippen LogP) is 5.10. The van der Waals surface area contributed by atoms with Gasteiger partial charge in [0.25, 0.3) is 12.4 Å². The van der Waals surface area contributed by atoms with E-state index in [4.69, 9.17) is 19.4 Å². The molecule has 3 aliphatic rings. The average molecular weight is 549 g/mol. The van der Waals surface area contributed by atoms with Crippen molar-refractivity contribution in [3.05, 3.63) is 114 Å². The van der Waals surface area contributed by atoms with Crippen molar-refractivity contribution in [1.82, 2.24) is 10.1 Å². The number of carbonyl (C=O) groups is 1. The van der Waals surface area contributed by atoms with Crippen LogP contribution >= 0.6 is 11.8 Å². The Hall–Kier alpha value is -3.53. The second kappa shape index (κ2) is 11.7. The topological polar surface area (TPSA) is 96.5 Å². The van der Waals surface area contributed by atoms with Crippen molar-refractivity contribution in [3.63, 3.8) is 0 Å². The van der Waals surface area contributed by atoms with E-state index in [1.807, 2.05) is 66.7 Å². The second-order valence-electron chi connectivity index (χ2n) is 10.1. The molecule has 3 aliphatic heterocycles. The zero-order valence-electron chi connectivity index (χ0n) is 21.4. The van der Waals surface area contributed by atoms with Gasteiger partial charge in [-0.05, 0) is 35.2 Å². The number of nitrogens with zero attached hydrogens (tertiary/aromatic N) is 3. The van der Waals surface area contributed by atoms with Gasteiger partial charge in [-0.3, -0.25) is 4.79 Å². The first-order chi connectivity index (χ1) is 19.0. The van der Waals surface area contributed by atoms with Gasteiger partial charge in [0.2, 0.25) is 5.82 Å². The lowest BCUT2D eigenvalue weighted by atomic mass is 9.85. The minimum atomic E-state index is -1.51. The molecule has 4 aromatic rings. The molecule has 0 saturated carbocycles. The Morgan fingerprint density at radius 2 is 1.62 bits per heavy atom. The van der Waals surface area contributed by atoms with E-state index in [9.17, 15) is 9.50 Å². The van der Waals surface area contributed by atoms with Crippen molar-refractivity contribution in [2.75, 3.05) is 19.6 Å². The monoisotopic (exact) mass is 548 g/mol. The molecule has 4 heterocycles. The fourth-order valence-corrected chi connectivity index (χ4v) is 7.37. The highest BCUT2D eigenvalue weighted by molar-refractivity contribution is 8.00. The molecule has 0 aliphatic carbocycles. The highest BCUT2D eigenvalue weighted by Crippen LogP contribution is 2.43. The van der Waals surface area contributed by atoms with Crippen LogP contribution < -0.4 is 0 Å². The molecule has 0 radical (unpaired) electrons. The average Bonchev–Trinajstić information content (AvgIpc) is 3.43. The van der Waals surface area contributed by atoms with E-state index in [1.54, 1.807) is 23.9 Å². The summed E-state index contributed by atoms with van der Waals surface area (Å²) in [7, 11) is 0. The molecule has 39 heavy (non-hydrogen) atoms. The maximum Gasteiger partial charge on any atom is 0.290 e. The molecule has 0 amide bonds. The summed E-state index contributed by atoms with van der Waals surface area (Å²) in [6.07, 6.45) is 2.29. The van der Waals surface area contributed by atoms with Gasteiger partial charge >= 0.3 is 0 Å². The summed E-state index contributed by atoms with van der Waals surface area (Å²) in [6, 6.07) is 25.9. The van der Waals surface area contributed by atoms with Crippen molar-refractivity contribution in [2.24, 2.45) is 5.92 Å². The third-order valence-electron chi connectivity index (χ3n) is 7.77. The van der Waals surface area contributed by atoms with Crippen LogP contribution in [0.15, 0.2) is 94.3 Å². The fraction of sp³-hybridized carbons (Fsp3) is 0.300. The van der Waals surface area contributed by atoms with E-state index < -0.39 is 5.60 Å². The zero-order chi connectivity index (χ0) is 27.3. The van der Waals surface area contributed by atoms with E-state index in [0.29, 0.717) is 34.7 Å². The summed E-state index contributed by atoms with van der Waals surface area (Å²) in [5, 5.41) is 23.6. The third-order valence-corrected chi connectivity index (χ3v) is 9.13. The van der Waals surface area contributed by atoms with Gasteiger partial charge in [-0.1, -0.05) is 71.9 Å². The van der Waals surface area contributed by atoms with Gasteiger partial charge in [-0.15, -0.1) is 11.8 Å². The standard InChI is InChI=1S/C29H29FN3O2S.CH2O2/c30-24-12-7-13-25(18-24)36-26-19-33(16-14-21(26)15-17-33)20-27-31-28(32-35-27)29(34,22-8-3-1-4-9-22)23-10-5-2-6-11-23;2-1-3/h1-13,18,21,26,34H,14-17,19-20H2;1H,(H,2,3)/q+1;/t21?,26-,33?;/m0./s1. The first-order valence-corrected chi connectivity index (χ1v) is 13.9. The second-order valence-corrected chi connectivity index (χ2v) is 11.5. The Morgan fingerprint density at radius 1 is 1.00 bits per heavy atom. The SMILES string of the molecule is O=CO.OC(c1ccccc1)(c1ccccc1)c1noc(C[N+]23CCC(CC2)[C@@H](Sc2cccc(F)c2)C3)n1. The van der Waals surface area contributed by atoms with Gasteiger partial charge in [0, 0.05) is 17.7 Å². The molecule has 0 unspecified atom stereocenters. The summed E-state index contributed by atoms with van der Waals surface area (Å²) < 4.78 is 20.4. The number of hydrogen-bond donors (Lipinski definition) is 2. The number of benzene rings is 3. The van der Waals surface area contributed by atoms with Crippen molar-refractivity contribution < 1.29 is 28.4 Å². The van der Waals surface area contributed by atoms with Gasteiger partial charge in [0.1, 0.15) is 5.82 Å². The quantitative estimate of drug-likeness (QED) is 0.245. The van der Waals surface area contributed by atoms with Crippen molar-refractivity contribution in [2.45, 2.75) is 35.1 Å². The molecule has 3 fully saturated rings. The number of aromatic nitrogens is 2. The molecule has 202 valence electrons. The lowest BCUT2D eigenvalue weighted by Crippen LogP contribution is -2.62. The number of fused-ring (bicyclic) bond motifs is 3. The Balaban J connectivity index is 0.000000983. The minimum Gasteiger partial charge on any atom is -0.483 e. The highest BCUT2D eigenvalue weighted by atomic mass is 32.2. The number of aliphatic hydroxyl groups is 1. The van der Waals surface area contributed by atoms with Gasteiger partial charge in [0.05, 0.1) is 24.9 Å². The number of piperidine rings is 3. The Labute approximate surface area is 230 Å². The number of hydrogen-bond acceptors (Lipinski definition) is 6. The first-order valence-electron chi connectivity index (χ1n) is 13.0. The number of quaternary nitrogens is 1. The molecule has 9 heteroatoms. The van der Waals surface area contributed by atoms with E-state index in [1.165, 1.54) is 6.07 Å². The van der Waals surface area contributed by atoms with Gasteiger partial charge in [-0.25, -0.2) is 4.39 Å². The van der Waals surface area contributed by atoms with Crippen molar-refractivity contribution in [3.8, 4) is 0 Å². The van der Waals surface area contributed by atoms with Crippen LogP contribution in [0.1, 0.15) is 35.7 Å². The third kappa shape index (κ3) is 5.75. The summed E-state index contributed by atoms with van der Waals surface area (Å²) >= 11 is 1.79. The number of rotatable bonds is 7. The molecular formula is C30H31FN3O4S+. The summed E-state index contributed by atoms with van der Waals surface area (Å²) in [6.45, 7) is 3.53. The van der Waals surface area contributed by atoms with Crippen LogP contribution in [-0.4, -0.2) is 56.2 Å². The lowest BCUT2D eigenvalue weighted by Gasteiger charge is -2.51. The Bertz CT molecular complexity index is 1340. The van der Waals surface area contributed by atoms with Crippen LogP contribution in [0.5, 0.6) is 0 Å². The van der Waals surface area contributed by atoms with Crippen LogP contribution in [0, 0.1) is 11.7 Å². The molecular weight excluding hydrogens is 517 g/mol. The van der Waals surface area contributed by atoms with Gasteiger partial charge < -0.3 is 19.2 Å². The lowest BCUT2D eigenvalue weighted by molar-refractivity contribution is -0.955. The Kier molecular flexibility index (Phi) is 8.11. The minimum absolute atomic E-state index is 0.187. The summed E-state index contributed by atoms with van der Waals surface area (Å²) in [4.78, 5) is 14.1. The highest BCUT2D eigenvalue weighted by Gasteiger charge is 2.47. The van der Waals surface area contributed by atoms with Crippen molar-refractivity contribution >= 4 is 18.2 Å². The summed E-state index contributed by atoms with van der Waals surface area (Å²) in [5.41, 5.74) is -0.114. The molecule has 0 spiro atoms. The van der Waals surface area contributed by atoms with E-state index in [-0.39, 0.29) is 18.1 Å². The maximum absolute atomic E-state index is 13.8. The molecule has 3 saturated heterocycles. The molecule has 2 N–H and O–H groups in total. The van der Waals surface area contributed by atoms with Crippen molar-refractivity contribution in [1.29, 1.82) is 0 Å². The molecule has 7 nitrogen and oxygen atoms in total. The zero-order valence-corrected chi connectivity index (χ0v) is 22.2. The Morgan fingerprint density at radius 3 is 2.21 bits per heavy atom. The molecule has 2 bridgehead atoms. The fourth-order valence-electron chi connectivity index (χ4n) is 5.83. The largest absolute Gasteiger partial charge is 0.483 e. The normalized spacial score (nSPS) is 22.1. The molecule has 1 aromatic heterocycles. The van der Waals surface area contributed by atoms with Crippen LogP contribution in [0.4, 0.5) is 4.39 Å². The molecule has 1 atom stereocenters. The van der Waals surface area contributed by atoms with Crippen LogP contribution in [-0.2, 0) is 16.9 Å². The predicted molar refractivity (Wildman–Crippen MR) is 145 cm³/mol. The van der Waals surface area contributed by atoms with Crippen LogP contribution in [0.2, 0.25) is 0 Å². The number of thioether (sulfide) groups is 1. The van der Waals surface area contributed by atoms with E-state index >= 15 is 0 Å². The number of carboxylic acid groups (broad SMARTS) is 1. The first kappa shape index (κ1) is 27.1. The maximum atomic E-state index is 13.8. The van der Waals surface area contributed by atoms with Gasteiger partial charge in [0.15, 0.2) is 12.1 Å². The van der Waals surface area contributed by atoms with Crippen LogP contribution in [0.25, 0.3) is 0 Å². The summed E-state index contributed by atoms with van der Waals surface area (Å²) in [5.74, 6) is 1.27. The molecule has 3 aromatic carbocycles. The molecule has 7 rings (SSSR count). The van der Waals surface area contributed by atoms with E-state index in [0.717, 1.165) is 41.9 Å².